The van der Waals surface area contributed by atoms with E-state index in [0.29, 0.717) is 24.2 Å². The first-order valence-corrected chi connectivity index (χ1v) is 6.71. The van der Waals surface area contributed by atoms with Crippen LogP contribution in [0.3, 0.4) is 0 Å². The van der Waals surface area contributed by atoms with Gasteiger partial charge in [0.2, 0.25) is 0 Å². The predicted molar refractivity (Wildman–Crippen MR) is 68.8 cm³/mol. The van der Waals surface area contributed by atoms with Crippen LogP contribution in [0.2, 0.25) is 0 Å². The van der Waals surface area contributed by atoms with Gasteiger partial charge in [-0.1, -0.05) is 6.92 Å². The molecule has 1 unspecified atom stereocenters. The fourth-order valence-electron chi connectivity index (χ4n) is 2.59. The smallest absolute Gasteiger partial charge is 0.315 e. The van der Waals surface area contributed by atoms with Gasteiger partial charge in [-0.2, -0.15) is 13.2 Å². The molecular formula is C14H18F4N2. The number of alkyl halides is 3. The SMILES string of the molecule is CCN(Cc1cc(F)cc(C(F)(F)F)c1)C1CCNC1. The van der Waals surface area contributed by atoms with Crippen LogP contribution in [0, 0.1) is 5.82 Å². The second-order valence-electron chi connectivity index (χ2n) is 5.06. The Morgan fingerprint density at radius 2 is 2.05 bits per heavy atom. The Hall–Kier alpha value is -1.14. The highest BCUT2D eigenvalue weighted by Gasteiger charge is 2.31. The summed E-state index contributed by atoms with van der Waals surface area (Å²) in [5, 5.41) is 3.22. The number of rotatable bonds is 4. The molecule has 1 aliphatic rings. The highest BCUT2D eigenvalue weighted by Crippen LogP contribution is 2.30. The summed E-state index contributed by atoms with van der Waals surface area (Å²) in [6.07, 6.45) is -3.54. The summed E-state index contributed by atoms with van der Waals surface area (Å²) in [6.45, 7) is 4.77. The van der Waals surface area contributed by atoms with Gasteiger partial charge in [0.05, 0.1) is 5.56 Å². The van der Waals surface area contributed by atoms with E-state index in [0.717, 1.165) is 32.1 Å². The van der Waals surface area contributed by atoms with Crippen molar-refractivity contribution in [3.8, 4) is 0 Å². The van der Waals surface area contributed by atoms with E-state index in [1.807, 2.05) is 6.92 Å². The molecule has 2 rings (SSSR count). The predicted octanol–water partition coefficient (Wildman–Crippen LogP) is 3.03. The van der Waals surface area contributed by atoms with E-state index in [9.17, 15) is 17.6 Å². The molecule has 1 saturated heterocycles. The molecule has 1 aliphatic heterocycles. The summed E-state index contributed by atoms with van der Waals surface area (Å²) in [6, 6.07) is 3.06. The minimum Gasteiger partial charge on any atom is -0.315 e. The molecule has 6 heteroatoms. The molecule has 2 nitrogen and oxygen atoms in total. The third-order valence-corrected chi connectivity index (χ3v) is 3.63. The Morgan fingerprint density at radius 3 is 2.60 bits per heavy atom. The molecule has 1 aromatic rings. The molecule has 0 amide bonds. The van der Waals surface area contributed by atoms with Crippen molar-refractivity contribution in [2.24, 2.45) is 0 Å². The first-order chi connectivity index (χ1) is 9.40. The highest BCUT2D eigenvalue weighted by molar-refractivity contribution is 5.27. The molecule has 1 heterocycles. The topological polar surface area (TPSA) is 15.3 Å². The van der Waals surface area contributed by atoms with Gasteiger partial charge in [0, 0.05) is 19.1 Å². The highest BCUT2D eigenvalue weighted by atomic mass is 19.4. The van der Waals surface area contributed by atoms with Gasteiger partial charge in [-0.3, -0.25) is 4.90 Å². The number of hydrogen-bond donors (Lipinski definition) is 1. The number of nitrogens with one attached hydrogen (secondary N) is 1. The molecule has 0 aliphatic carbocycles. The van der Waals surface area contributed by atoms with Crippen LogP contribution < -0.4 is 5.32 Å². The molecule has 0 bridgehead atoms. The van der Waals surface area contributed by atoms with Crippen molar-refractivity contribution < 1.29 is 17.6 Å². The van der Waals surface area contributed by atoms with Gasteiger partial charge in [0.15, 0.2) is 0 Å². The Labute approximate surface area is 115 Å². The molecular weight excluding hydrogens is 272 g/mol. The van der Waals surface area contributed by atoms with E-state index in [1.54, 1.807) is 0 Å². The van der Waals surface area contributed by atoms with E-state index in [1.165, 1.54) is 6.07 Å². The van der Waals surface area contributed by atoms with Crippen molar-refractivity contribution in [3.63, 3.8) is 0 Å². The van der Waals surface area contributed by atoms with E-state index in [4.69, 9.17) is 0 Å². The summed E-state index contributed by atoms with van der Waals surface area (Å²) >= 11 is 0. The fourth-order valence-corrected chi connectivity index (χ4v) is 2.59. The van der Waals surface area contributed by atoms with E-state index < -0.39 is 17.6 Å². The van der Waals surface area contributed by atoms with Crippen molar-refractivity contribution in [2.75, 3.05) is 19.6 Å². The Bertz CT molecular complexity index is 453. The van der Waals surface area contributed by atoms with Gasteiger partial charge in [-0.25, -0.2) is 4.39 Å². The summed E-state index contributed by atoms with van der Waals surface area (Å²) in [7, 11) is 0. The zero-order valence-corrected chi connectivity index (χ0v) is 11.3. The average Bonchev–Trinajstić information content (AvgIpc) is 2.88. The van der Waals surface area contributed by atoms with E-state index in [-0.39, 0.29) is 0 Å². The molecule has 1 N–H and O–H groups in total. The van der Waals surface area contributed by atoms with Crippen molar-refractivity contribution in [2.45, 2.75) is 32.1 Å². The van der Waals surface area contributed by atoms with Gasteiger partial charge in [0.25, 0.3) is 0 Å². The maximum atomic E-state index is 13.4. The molecule has 112 valence electrons. The zero-order chi connectivity index (χ0) is 14.8. The van der Waals surface area contributed by atoms with Crippen LogP contribution in [0.5, 0.6) is 0 Å². The number of likely N-dealkylation sites (N-methyl/N-ethyl adjacent to an activating group) is 1. The lowest BCUT2D eigenvalue weighted by molar-refractivity contribution is -0.137. The summed E-state index contributed by atoms with van der Waals surface area (Å²) in [5.74, 6) is -0.838. The van der Waals surface area contributed by atoms with Gasteiger partial charge in [0.1, 0.15) is 5.82 Å². The monoisotopic (exact) mass is 290 g/mol. The second-order valence-corrected chi connectivity index (χ2v) is 5.06. The van der Waals surface area contributed by atoms with Crippen LogP contribution in [0.25, 0.3) is 0 Å². The standard InChI is InChI=1S/C14H18F4N2/c1-2-20(13-3-4-19-8-13)9-10-5-11(14(16,17)18)7-12(15)6-10/h5-7,13,19H,2-4,8-9H2,1H3. The van der Waals surface area contributed by atoms with Crippen LogP contribution in [0.1, 0.15) is 24.5 Å². The Balaban J connectivity index is 2.17. The van der Waals surface area contributed by atoms with Gasteiger partial charge in [-0.05, 0) is 43.3 Å². The number of nitrogens with zero attached hydrogens (tertiary/aromatic N) is 1. The van der Waals surface area contributed by atoms with Gasteiger partial charge < -0.3 is 5.32 Å². The maximum absolute atomic E-state index is 13.4. The first kappa shape index (κ1) is 15.3. The largest absolute Gasteiger partial charge is 0.416 e. The minimum absolute atomic E-state index is 0.303. The van der Waals surface area contributed by atoms with Crippen LogP contribution >= 0.6 is 0 Å². The zero-order valence-electron chi connectivity index (χ0n) is 11.3. The van der Waals surface area contributed by atoms with Crippen molar-refractivity contribution in [1.82, 2.24) is 10.2 Å². The fraction of sp³-hybridized carbons (Fsp3) is 0.571. The molecule has 1 aromatic carbocycles. The average molecular weight is 290 g/mol. The Morgan fingerprint density at radius 1 is 1.30 bits per heavy atom. The molecule has 0 saturated carbocycles. The molecule has 0 radical (unpaired) electrons. The maximum Gasteiger partial charge on any atom is 0.416 e. The minimum atomic E-state index is -4.51. The quantitative estimate of drug-likeness (QED) is 0.858. The molecule has 20 heavy (non-hydrogen) atoms. The van der Waals surface area contributed by atoms with E-state index >= 15 is 0 Å². The van der Waals surface area contributed by atoms with Crippen molar-refractivity contribution in [1.29, 1.82) is 0 Å². The number of halogens is 4. The lowest BCUT2D eigenvalue weighted by atomic mass is 10.1. The van der Waals surface area contributed by atoms with Crippen LogP contribution in [0.15, 0.2) is 18.2 Å². The van der Waals surface area contributed by atoms with Crippen molar-refractivity contribution in [3.05, 3.63) is 35.1 Å². The van der Waals surface area contributed by atoms with Gasteiger partial charge >= 0.3 is 6.18 Å². The molecule has 0 spiro atoms. The number of hydrogen-bond acceptors (Lipinski definition) is 2. The molecule has 1 fully saturated rings. The van der Waals surface area contributed by atoms with Crippen LogP contribution in [-0.2, 0) is 12.7 Å². The number of benzene rings is 1. The molecule has 1 atom stereocenters. The molecule has 0 aromatic heterocycles. The summed E-state index contributed by atoms with van der Waals surface area (Å²) in [4.78, 5) is 2.08. The second kappa shape index (κ2) is 6.10. The van der Waals surface area contributed by atoms with Gasteiger partial charge in [-0.15, -0.1) is 0 Å². The summed E-state index contributed by atoms with van der Waals surface area (Å²) in [5.41, 5.74) is -0.556. The summed E-state index contributed by atoms with van der Waals surface area (Å²) < 4.78 is 51.4. The lowest BCUT2D eigenvalue weighted by Crippen LogP contribution is -2.36. The van der Waals surface area contributed by atoms with E-state index in [2.05, 4.69) is 10.2 Å². The lowest BCUT2D eigenvalue weighted by Gasteiger charge is -2.27. The van der Waals surface area contributed by atoms with Crippen LogP contribution in [0.4, 0.5) is 17.6 Å². The van der Waals surface area contributed by atoms with Crippen molar-refractivity contribution >= 4 is 0 Å². The Kier molecular flexibility index (Phi) is 4.65. The third-order valence-electron chi connectivity index (χ3n) is 3.63. The first-order valence-electron chi connectivity index (χ1n) is 6.71. The van der Waals surface area contributed by atoms with Crippen LogP contribution in [-0.4, -0.2) is 30.6 Å². The normalized spacial score (nSPS) is 19.8. The third kappa shape index (κ3) is 3.70.